The van der Waals surface area contributed by atoms with Crippen LogP contribution in [0.3, 0.4) is 0 Å². The Morgan fingerprint density at radius 1 is 0.875 bits per heavy atom. The highest BCUT2D eigenvalue weighted by Crippen LogP contribution is 2.60. The van der Waals surface area contributed by atoms with E-state index < -0.39 is 0 Å². The van der Waals surface area contributed by atoms with Gasteiger partial charge in [-0.3, -0.25) is 14.4 Å². The van der Waals surface area contributed by atoms with Crippen molar-refractivity contribution in [1.82, 2.24) is 9.80 Å². The molecule has 32 heavy (non-hydrogen) atoms. The number of nitrogens with zero attached hydrogens (tertiary/aromatic N) is 2. The van der Waals surface area contributed by atoms with Crippen LogP contribution in [0.5, 0.6) is 0 Å². The third kappa shape index (κ3) is 4.19. The molecule has 6 rings (SSSR count). The predicted octanol–water partition coefficient (Wildman–Crippen LogP) is 3.55. The molecule has 4 bridgehead atoms. The lowest BCUT2D eigenvalue weighted by Crippen LogP contribution is -2.58. The van der Waals surface area contributed by atoms with Crippen LogP contribution in [0.25, 0.3) is 6.08 Å². The number of carbonyl (C=O) groups is 3. The molecular formula is C26H33N3O3. The normalized spacial score (nSPS) is 31.2. The molecule has 1 heterocycles. The van der Waals surface area contributed by atoms with Crippen LogP contribution in [0.4, 0.5) is 5.69 Å². The van der Waals surface area contributed by atoms with Crippen LogP contribution < -0.4 is 5.32 Å². The number of anilines is 1. The van der Waals surface area contributed by atoms with Crippen LogP contribution in [0.15, 0.2) is 30.3 Å². The average Bonchev–Trinajstić information content (AvgIpc) is 2.77. The van der Waals surface area contributed by atoms with Gasteiger partial charge < -0.3 is 15.1 Å². The maximum absolute atomic E-state index is 13.5. The smallest absolute Gasteiger partial charge is 0.246 e. The van der Waals surface area contributed by atoms with Crippen LogP contribution >= 0.6 is 0 Å². The number of hydrogen-bond acceptors (Lipinski definition) is 3. The highest BCUT2D eigenvalue weighted by Gasteiger charge is 2.55. The molecule has 170 valence electrons. The first-order valence-electron chi connectivity index (χ1n) is 12.0. The summed E-state index contributed by atoms with van der Waals surface area (Å²) in [5.41, 5.74) is 1.55. The molecule has 0 unspecified atom stereocenters. The van der Waals surface area contributed by atoms with Crippen molar-refractivity contribution in [3.8, 4) is 0 Å². The zero-order chi connectivity index (χ0) is 22.3. The molecule has 4 aliphatic carbocycles. The first-order chi connectivity index (χ1) is 15.4. The van der Waals surface area contributed by atoms with E-state index in [1.807, 2.05) is 34.1 Å². The Morgan fingerprint density at radius 2 is 1.41 bits per heavy atom. The Balaban J connectivity index is 1.14. The minimum absolute atomic E-state index is 0.0159. The summed E-state index contributed by atoms with van der Waals surface area (Å²) < 4.78 is 0. The van der Waals surface area contributed by atoms with E-state index in [-0.39, 0.29) is 17.2 Å². The van der Waals surface area contributed by atoms with Crippen molar-refractivity contribution in [1.29, 1.82) is 0 Å². The molecule has 1 aromatic rings. The van der Waals surface area contributed by atoms with E-state index in [1.165, 1.54) is 26.2 Å². The first kappa shape index (κ1) is 21.2. The summed E-state index contributed by atoms with van der Waals surface area (Å²) in [5.74, 6) is 2.56. The molecule has 0 radical (unpaired) electrons. The van der Waals surface area contributed by atoms with Gasteiger partial charge in [0.05, 0.1) is 5.41 Å². The summed E-state index contributed by atoms with van der Waals surface area (Å²) in [6, 6.07) is 7.38. The van der Waals surface area contributed by atoms with E-state index in [9.17, 15) is 14.4 Å². The molecule has 1 aromatic carbocycles. The Kier molecular flexibility index (Phi) is 5.56. The van der Waals surface area contributed by atoms with Gasteiger partial charge in [0.15, 0.2) is 0 Å². The zero-order valence-electron chi connectivity index (χ0n) is 18.9. The molecule has 6 nitrogen and oxygen atoms in total. The summed E-state index contributed by atoms with van der Waals surface area (Å²) in [4.78, 5) is 41.2. The molecule has 0 atom stereocenters. The molecule has 4 saturated carbocycles. The van der Waals surface area contributed by atoms with Crippen molar-refractivity contribution in [2.75, 3.05) is 31.5 Å². The molecule has 1 saturated heterocycles. The van der Waals surface area contributed by atoms with Crippen LogP contribution in [0, 0.1) is 23.2 Å². The number of benzene rings is 1. The topological polar surface area (TPSA) is 69.7 Å². The third-order valence-electron chi connectivity index (χ3n) is 8.02. The van der Waals surface area contributed by atoms with Gasteiger partial charge in [0, 0.05) is 44.9 Å². The second-order valence-corrected chi connectivity index (χ2v) is 10.5. The molecule has 5 fully saturated rings. The molecule has 1 aliphatic heterocycles. The quantitative estimate of drug-likeness (QED) is 0.736. The van der Waals surface area contributed by atoms with E-state index in [1.54, 1.807) is 12.2 Å². The van der Waals surface area contributed by atoms with Crippen LogP contribution in [-0.4, -0.2) is 53.7 Å². The summed E-state index contributed by atoms with van der Waals surface area (Å²) in [6.07, 6.45) is 10.7. The zero-order valence-corrected chi connectivity index (χ0v) is 18.9. The van der Waals surface area contributed by atoms with E-state index in [0.29, 0.717) is 32.1 Å². The van der Waals surface area contributed by atoms with Crippen LogP contribution in [0.1, 0.15) is 51.0 Å². The van der Waals surface area contributed by atoms with Gasteiger partial charge >= 0.3 is 0 Å². The molecule has 6 heteroatoms. The largest absolute Gasteiger partial charge is 0.339 e. The van der Waals surface area contributed by atoms with Crippen molar-refractivity contribution in [3.05, 3.63) is 35.9 Å². The SMILES string of the molecule is CC(=O)Nc1ccc(/C=C/C(=O)N2CCN(C(=O)C34CC5CC(CC(C5)C3)C4)CC2)cc1. The number of hydrogen-bond donors (Lipinski definition) is 1. The fourth-order valence-corrected chi connectivity index (χ4v) is 6.99. The maximum atomic E-state index is 13.5. The lowest BCUT2D eigenvalue weighted by molar-refractivity contribution is -0.160. The van der Waals surface area contributed by atoms with Crippen LogP contribution in [-0.2, 0) is 14.4 Å². The number of nitrogens with one attached hydrogen (secondary N) is 1. The van der Waals surface area contributed by atoms with Crippen molar-refractivity contribution in [2.24, 2.45) is 23.2 Å². The fraction of sp³-hybridized carbons (Fsp3) is 0.577. The van der Waals surface area contributed by atoms with Gasteiger partial charge in [0.1, 0.15) is 0 Å². The minimum atomic E-state index is -0.107. The lowest BCUT2D eigenvalue weighted by Gasteiger charge is -2.57. The summed E-state index contributed by atoms with van der Waals surface area (Å²) in [6.45, 7) is 3.96. The monoisotopic (exact) mass is 435 g/mol. The van der Waals surface area contributed by atoms with Gasteiger partial charge in [-0.25, -0.2) is 0 Å². The number of carbonyl (C=O) groups excluding carboxylic acids is 3. The molecule has 5 aliphatic rings. The van der Waals surface area contributed by atoms with Gasteiger partial charge in [-0.2, -0.15) is 0 Å². The van der Waals surface area contributed by atoms with Gasteiger partial charge in [0.25, 0.3) is 0 Å². The second-order valence-electron chi connectivity index (χ2n) is 10.5. The highest BCUT2D eigenvalue weighted by atomic mass is 16.2. The number of piperazine rings is 1. The fourth-order valence-electron chi connectivity index (χ4n) is 6.99. The second kappa shape index (κ2) is 8.38. The Morgan fingerprint density at radius 3 is 1.94 bits per heavy atom. The first-order valence-corrected chi connectivity index (χ1v) is 12.0. The molecular weight excluding hydrogens is 402 g/mol. The highest BCUT2D eigenvalue weighted by molar-refractivity contribution is 5.92. The lowest BCUT2D eigenvalue weighted by atomic mass is 9.49. The van der Waals surface area contributed by atoms with Crippen LogP contribution in [0.2, 0.25) is 0 Å². The third-order valence-corrected chi connectivity index (χ3v) is 8.02. The Bertz CT molecular complexity index is 893. The van der Waals surface area contributed by atoms with E-state index >= 15 is 0 Å². The summed E-state index contributed by atoms with van der Waals surface area (Å²) >= 11 is 0. The van der Waals surface area contributed by atoms with Crippen molar-refractivity contribution in [2.45, 2.75) is 45.4 Å². The van der Waals surface area contributed by atoms with Gasteiger partial charge in [-0.1, -0.05) is 12.1 Å². The van der Waals surface area contributed by atoms with Crippen molar-refractivity contribution < 1.29 is 14.4 Å². The average molecular weight is 436 g/mol. The maximum Gasteiger partial charge on any atom is 0.246 e. The van der Waals surface area contributed by atoms with Gasteiger partial charge in [-0.05, 0) is 80.1 Å². The summed E-state index contributed by atoms with van der Waals surface area (Å²) in [7, 11) is 0. The van der Waals surface area contributed by atoms with Crippen molar-refractivity contribution in [3.63, 3.8) is 0 Å². The minimum Gasteiger partial charge on any atom is -0.339 e. The Hall–Kier alpha value is -2.63. The van der Waals surface area contributed by atoms with Gasteiger partial charge in [-0.15, -0.1) is 0 Å². The molecule has 1 N–H and O–H groups in total. The molecule has 0 spiro atoms. The standard InChI is InChI=1S/C26H33N3O3/c1-18(30)27-23-5-2-19(3-6-23)4-7-24(31)28-8-10-29(11-9-28)25(32)26-15-20-12-21(16-26)14-22(13-20)17-26/h2-7,20-22H,8-17H2,1H3,(H,27,30)/b7-4+. The van der Waals surface area contributed by atoms with Crippen molar-refractivity contribution >= 4 is 29.5 Å². The van der Waals surface area contributed by atoms with E-state index in [2.05, 4.69) is 5.32 Å². The Labute approximate surface area is 190 Å². The molecule has 0 aromatic heterocycles. The number of amides is 3. The van der Waals surface area contributed by atoms with E-state index in [0.717, 1.165) is 48.3 Å². The van der Waals surface area contributed by atoms with Gasteiger partial charge in [0.2, 0.25) is 17.7 Å². The number of rotatable bonds is 4. The van der Waals surface area contributed by atoms with E-state index in [4.69, 9.17) is 0 Å². The molecule has 3 amide bonds. The predicted molar refractivity (Wildman–Crippen MR) is 124 cm³/mol. The summed E-state index contributed by atoms with van der Waals surface area (Å²) in [5, 5.41) is 2.73.